The second-order valence-electron chi connectivity index (χ2n) is 20.9. The van der Waals surface area contributed by atoms with Gasteiger partial charge in [-0.3, -0.25) is 0 Å². The zero-order valence-corrected chi connectivity index (χ0v) is 41.5. The highest BCUT2D eigenvalue weighted by Crippen LogP contribution is 2.53. The molecule has 0 N–H and O–H groups in total. The molecule has 0 aliphatic heterocycles. The van der Waals surface area contributed by atoms with Gasteiger partial charge in [0.1, 0.15) is 0 Å². The molecule has 0 radical (unpaired) electrons. The van der Waals surface area contributed by atoms with E-state index in [1.165, 1.54) is 104 Å². The van der Waals surface area contributed by atoms with Crippen LogP contribution in [0.15, 0.2) is 249 Å². The van der Waals surface area contributed by atoms with E-state index in [1.54, 1.807) is 0 Å². The van der Waals surface area contributed by atoms with Crippen LogP contribution in [0.25, 0.3) is 98.4 Å². The van der Waals surface area contributed by atoms with Gasteiger partial charge in [-0.2, -0.15) is 0 Å². The molecule has 4 nitrogen and oxygen atoms in total. The molecule has 0 fully saturated rings. The van der Waals surface area contributed by atoms with Crippen LogP contribution in [0.5, 0.6) is 0 Å². The monoisotopic (exact) mass is 946 g/mol. The molecule has 11 aromatic carbocycles. The largest absolute Gasteiger partial charge is 0.309 e. The van der Waals surface area contributed by atoms with Gasteiger partial charge in [-0.15, -0.1) is 0 Å². The highest BCUT2D eigenvalue weighted by molar-refractivity contribution is 6.32. The maximum atomic E-state index is 2.56. The van der Waals surface area contributed by atoms with Crippen molar-refractivity contribution in [1.82, 2.24) is 8.80 Å². The zero-order valence-electron chi connectivity index (χ0n) is 41.5. The Morgan fingerprint density at radius 3 is 1.22 bits per heavy atom. The average Bonchev–Trinajstić information content (AvgIpc) is 4.31. The van der Waals surface area contributed by atoms with E-state index in [1.807, 2.05) is 0 Å². The van der Waals surface area contributed by atoms with Crippen molar-refractivity contribution in [2.24, 2.45) is 0 Å². The summed E-state index contributed by atoms with van der Waals surface area (Å²) in [6.45, 7) is 6.91. The molecular formula is C70H50N4. The first-order chi connectivity index (χ1) is 36.4. The van der Waals surface area contributed by atoms with E-state index in [-0.39, 0.29) is 5.41 Å². The third kappa shape index (κ3) is 6.15. The van der Waals surface area contributed by atoms with Gasteiger partial charge in [0.2, 0.25) is 0 Å². The summed E-state index contributed by atoms with van der Waals surface area (Å²) in [5, 5.41) is 9.94. The van der Waals surface area contributed by atoms with Gasteiger partial charge in [0, 0.05) is 65.6 Å². The van der Waals surface area contributed by atoms with E-state index < -0.39 is 0 Å². The lowest BCUT2D eigenvalue weighted by atomic mass is 9.86. The topological polar surface area (TPSA) is 15.3 Å². The second kappa shape index (κ2) is 16.1. The summed E-state index contributed by atoms with van der Waals surface area (Å²) in [6.07, 6.45) is 0. The molecule has 0 saturated carbocycles. The van der Waals surface area contributed by atoms with Crippen molar-refractivity contribution < 1.29 is 0 Å². The Balaban J connectivity index is 1.01. The molecule has 0 bridgehead atoms. The minimum absolute atomic E-state index is 0.0351. The standard InChI is InChI=1S/C70H50N4/c1-70(2,3)47-26-21-29-49(42-47)72(59-35-18-14-31-51(59)46-24-9-5-10-25-46)63-41-39-53-57-44-64-56(43-65(57)74-61-37-20-16-33-55(61)67(63)69(53)74)52-38-40-62(66-54-32-15-19-36-60(54)73(64)68(52)66)71(48-27-11-6-12-28-48)58-34-17-13-30-50(58)45-22-7-4-8-23-45/h4-44H,1-3H3. The minimum atomic E-state index is -0.0351. The Kier molecular flexibility index (Phi) is 9.19. The number of fused-ring (bicyclic) bond motifs is 12. The fourth-order valence-corrected chi connectivity index (χ4v) is 12.4. The quantitative estimate of drug-likeness (QED) is 0.151. The lowest BCUT2D eigenvalue weighted by molar-refractivity contribution is 0.590. The molecule has 15 rings (SSSR count). The zero-order chi connectivity index (χ0) is 49.2. The Morgan fingerprint density at radius 2 is 0.716 bits per heavy atom. The summed E-state index contributed by atoms with van der Waals surface area (Å²) in [7, 11) is 0. The lowest BCUT2D eigenvalue weighted by Crippen LogP contribution is -2.15. The minimum Gasteiger partial charge on any atom is -0.309 e. The van der Waals surface area contributed by atoms with E-state index in [0.29, 0.717) is 0 Å². The summed E-state index contributed by atoms with van der Waals surface area (Å²) in [5.74, 6) is 0. The third-order valence-electron chi connectivity index (χ3n) is 15.7. The number of rotatable bonds is 8. The molecule has 350 valence electrons. The van der Waals surface area contributed by atoms with E-state index in [0.717, 1.165) is 34.1 Å². The van der Waals surface area contributed by atoms with Gasteiger partial charge in [-0.1, -0.05) is 197 Å². The molecule has 15 aromatic rings. The number of anilines is 6. The molecule has 4 heterocycles. The first-order valence-corrected chi connectivity index (χ1v) is 25.8. The number of hydrogen-bond donors (Lipinski definition) is 0. The van der Waals surface area contributed by atoms with Crippen molar-refractivity contribution >= 4 is 110 Å². The smallest absolute Gasteiger partial charge is 0.0641 e. The van der Waals surface area contributed by atoms with Crippen molar-refractivity contribution in [3.8, 4) is 22.3 Å². The van der Waals surface area contributed by atoms with Gasteiger partial charge < -0.3 is 18.6 Å². The average molecular weight is 947 g/mol. The van der Waals surface area contributed by atoms with Gasteiger partial charge in [0.15, 0.2) is 0 Å². The Labute approximate surface area is 429 Å². The summed E-state index contributed by atoms with van der Waals surface area (Å²) < 4.78 is 5.11. The number of para-hydroxylation sites is 5. The Hall–Kier alpha value is -9.38. The SMILES string of the molecule is CC(C)(C)c1cccc(N(c2ccccc2-c2ccccc2)c2ccc3c4cc5c(cc4n4c6ccccc6c2c34)c2ccc(N(c3ccccc3)c3ccccc3-c3ccccc3)c3c4ccccc4n5c23)c1. The number of aromatic nitrogens is 2. The van der Waals surface area contributed by atoms with Crippen LogP contribution in [-0.2, 0) is 5.41 Å². The molecule has 0 aliphatic rings. The van der Waals surface area contributed by atoms with Crippen molar-refractivity contribution in [3.05, 3.63) is 254 Å². The van der Waals surface area contributed by atoms with Gasteiger partial charge in [-0.25, -0.2) is 0 Å². The van der Waals surface area contributed by atoms with Gasteiger partial charge in [0.05, 0.1) is 55.8 Å². The Bertz CT molecular complexity index is 4640. The van der Waals surface area contributed by atoms with Crippen LogP contribution in [0, 0.1) is 0 Å². The molecule has 0 spiro atoms. The van der Waals surface area contributed by atoms with E-state index >= 15 is 0 Å². The first kappa shape index (κ1) is 42.3. The molecule has 0 saturated heterocycles. The van der Waals surface area contributed by atoms with Crippen molar-refractivity contribution in [2.75, 3.05) is 9.80 Å². The summed E-state index contributed by atoms with van der Waals surface area (Å²) in [4.78, 5) is 4.99. The van der Waals surface area contributed by atoms with Crippen molar-refractivity contribution in [2.45, 2.75) is 26.2 Å². The third-order valence-corrected chi connectivity index (χ3v) is 15.7. The van der Waals surface area contributed by atoms with Crippen LogP contribution in [0.4, 0.5) is 34.1 Å². The number of benzene rings is 11. The summed E-state index contributed by atoms with van der Waals surface area (Å²) >= 11 is 0. The fraction of sp³-hybridized carbons (Fsp3) is 0.0571. The molecule has 0 aliphatic carbocycles. The predicted molar refractivity (Wildman–Crippen MR) is 315 cm³/mol. The molecule has 4 aromatic heterocycles. The van der Waals surface area contributed by atoms with Gasteiger partial charge >= 0.3 is 0 Å². The van der Waals surface area contributed by atoms with Crippen LogP contribution in [0.1, 0.15) is 26.3 Å². The second-order valence-corrected chi connectivity index (χ2v) is 20.9. The van der Waals surface area contributed by atoms with Crippen molar-refractivity contribution in [1.29, 1.82) is 0 Å². The summed E-state index contributed by atoms with van der Waals surface area (Å²) in [5.41, 5.74) is 20.1. The van der Waals surface area contributed by atoms with Gasteiger partial charge in [-0.05, 0) is 94.9 Å². The van der Waals surface area contributed by atoms with Crippen LogP contribution in [0.3, 0.4) is 0 Å². The van der Waals surface area contributed by atoms with Crippen LogP contribution < -0.4 is 9.80 Å². The normalized spacial score (nSPS) is 12.3. The maximum absolute atomic E-state index is 2.56. The van der Waals surface area contributed by atoms with Crippen LogP contribution in [0.2, 0.25) is 0 Å². The lowest BCUT2D eigenvalue weighted by Gasteiger charge is -2.30. The van der Waals surface area contributed by atoms with E-state index in [2.05, 4.69) is 288 Å². The van der Waals surface area contributed by atoms with Gasteiger partial charge in [0.25, 0.3) is 0 Å². The molecular weight excluding hydrogens is 897 g/mol. The van der Waals surface area contributed by atoms with E-state index in [4.69, 9.17) is 0 Å². The number of nitrogens with zero attached hydrogens (tertiary/aromatic N) is 4. The van der Waals surface area contributed by atoms with Crippen molar-refractivity contribution in [3.63, 3.8) is 0 Å². The highest BCUT2D eigenvalue weighted by atomic mass is 15.2. The van der Waals surface area contributed by atoms with Crippen LogP contribution >= 0.6 is 0 Å². The van der Waals surface area contributed by atoms with E-state index in [9.17, 15) is 0 Å². The maximum Gasteiger partial charge on any atom is 0.0641 e. The molecule has 0 unspecified atom stereocenters. The highest BCUT2D eigenvalue weighted by Gasteiger charge is 2.29. The molecule has 74 heavy (non-hydrogen) atoms. The van der Waals surface area contributed by atoms with Crippen LogP contribution in [-0.4, -0.2) is 8.80 Å². The Morgan fingerprint density at radius 1 is 0.297 bits per heavy atom. The summed E-state index contributed by atoms with van der Waals surface area (Å²) in [6, 6.07) is 91.9. The fourth-order valence-electron chi connectivity index (χ4n) is 12.4. The number of hydrogen-bond acceptors (Lipinski definition) is 2. The molecule has 4 heteroatoms. The molecule has 0 amide bonds. The molecule has 0 atom stereocenters. The predicted octanol–water partition coefficient (Wildman–Crippen LogP) is 19.6. The first-order valence-electron chi connectivity index (χ1n) is 25.8.